The second-order valence-corrected chi connectivity index (χ2v) is 10.3. The lowest BCUT2D eigenvalue weighted by Crippen LogP contribution is -2.36. The van der Waals surface area contributed by atoms with Crippen molar-refractivity contribution < 1.29 is 17.6 Å². The monoisotopic (exact) mass is 444 g/mol. The summed E-state index contributed by atoms with van der Waals surface area (Å²) >= 11 is 1.69. The summed E-state index contributed by atoms with van der Waals surface area (Å²) in [6.07, 6.45) is 2.35. The first-order valence-corrected chi connectivity index (χ1v) is 12.5. The SMILES string of the molecule is O=C(NCC(c1cccs1)N1CCCC1)c1ccc(CS(=O)(=O)c2ccccc2)o1. The van der Waals surface area contributed by atoms with Gasteiger partial charge >= 0.3 is 0 Å². The van der Waals surface area contributed by atoms with Crippen molar-refractivity contribution in [1.29, 1.82) is 0 Å². The smallest absolute Gasteiger partial charge is 0.287 e. The lowest BCUT2D eigenvalue weighted by Gasteiger charge is -2.26. The van der Waals surface area contributed by atoms with Crippen molar-refractivity contribution in [3.63, 3.8) is 0 Å². The Morgan fingerprint density at radius 1 is 1.07 bits per heavy atom. The van der Waals surface area contributed by atoms with Gasteiger partial charge in [0.1, 0.15) is 11.5 Å². The van der Waals surface area contributed by atoms with Gasteiger partial charge < -0.3 is 9.73 Å². The quantitative estimate of drug-likeness (QED) is 0.570. The van der Waals surface area contributed by atoms with Crippen LogP contribution in [0.2, 0.25) is 0 Å². The summed E-state index contributed by atoms with van der Waals surface area (Å²) in [5.41, 5.74) is 0. The van der Waals surface area contributed by atoms with Crippen LogP contribution in [0.15, 0.2) is 69.3 Å². The fourth-order valence-corrected chi connectivity index (χ4v) is 5.83. The van der Waals surface area contributed by atoms with E-state index in [4.69, 9.17) is 4.42 Å². The maximum absolute atomic E-state index is 12.6. The molecule has 0 radical (unpaired) electrons. The van der Waals surface area contributed by atoms with Crippen LogP contribution < -0.4 is 5.32 Å². The van der Waals surface area contributed by atoms with E-state index < -0.39 is 9.84 Å². The first-order valence-electron chi connectivity index (χ1n) is 9.95. The highest BCUT2D eigenvalue weighted by molar-refractivity contribution is 7.90. The molecule has 1 saturated heterocycles. The second kappa shape index (κ2) is 9.16. The van der Waals surface area contributed by atoms with E-state index in [2.05, 4.69) is 16.3 Å². The number of likely N-dealkylation sites (tertiary alicyclic amines) is 1. The van der Waals surface area contributed by atoms with Gasteiger partial charge in [-0.25, -0.2) is 8.42 Å². The average Bonchev–Trinajstić information content (AvgIpc) is 3.52. The number of furan rings is 1. The maximum Gasteiger partial charge on any atom is 0.287 e. The number of thiophene rings is 1. The Bertz CT molecular complexity index is 1070. The van der Waals surface area contributed by atoms with Gasteiger partial charge in [0.05, 0.1) is 10.9 Å². The molecule has 0 bridgehead atoms. The number of hydrogen-bond acceptors (Lipinski definition) is 6. The van der Waals surface area contributed by atoms with E-state index in [1.807, 2.05) is 11.4 Å². The standard InChI is InChI=1S/C22H24N2O4S2/c25-22(23-15-19(21-9-6-14-29-21)24-12-4-5-13-24)20-11-10-17(28-20)16-30(26,27)18-7-2-1-3-8-18/h1-3,6-11,14,19H,4-5,12-13,15-16H2,(H,23,25). The lowest BCUT2D eigenvalue weighted by atomic mass is 10.2. The zero-order valence-electron chi connectivity index (χ0n) is 16.5. The van der Waals surface area contributed by atoms with Gasteiger partial charge in [0.25, 0.3) is 5.91 Å². The van der Waals surface area contributed by atoms with E-state index in [9.17, 15) is 13.2 Å². The molecule has 1 aliphatic heterocycles. The molecule has 0 saturated carbocycles. The molecular formula is C22H24N2O4S2. The Kier molecular flexibility index (Phi) is 6.36. The third-order valence-corrected chi connectivity index (χ3v) is 7.86. The fourth-order valence-electron chi connectivity index (χ4n) is 3.70. The van der Waals surface area contributed by atoms with Crippen molar-refractivity contribution in [2.75, 3.05) is 19.6 Å². The van der Waals surface area contributed by atoms with Crippen molar-refractivity contribution >= 4 is 27.1 Å². The molecule has 1 amide bonds. The molecule has 3 heterocycles. The van der Waals surface area contributed by atoms with Crippen molar-refractivity contribution in [2.45, 2.75) is 29.5 Å². The summed E-state index contributed by atoms with van der Waals surface area (Å²) in [5, 5.41) is 5.00. The Labute approximate surface area is 180 Å². The molecule has 2 aromatic heterocycles. The Morgan fingerprint density at radius 2 is 1.83 bits per heavy atom. The van der Waals surface area contributed by atoms with Gasteiger partial charge in [0.2, 0.25) is 0 Å². The topological polar surface area (TPSA) is 79.6 Å². The van der Waals surface area contributed by atoms with E-state index in [0.717, 1.165) is 13.1 Å². The Hall–Kier alpha value is -2.42. The summed E-state index contributed by atoms with van der Waals surface area (Å²) in [4.78, 5) is 16.5. The maximum atomic E-state index is 12.6. The normalized spacial score (nSPS) is 15.9. The number of carbonyl (C=O) groups excluding carboxylic acids is 1. The van der Waals surface area contributed by atoms with E-state index >= 15 is 0 Å². The third-order valence-electron chi connectivity index (χ3n) is 5.23. The molecular weight excluding hydrogens is 420 g/mol. The van der Waals surface area contributed by atoms with Gasteiger partial charge in [-0.2, -0.15) is 0 Å². The molecule has 3 aromatic rings. The summed E-state index contributed by atoms with van der Waals surface area (Å²) in [6.45, 7) is 2.54. The number of sulfone groups is 1. The van der Waals surface area contributed by atoms with Gasteiger partial charge in [-0.15, -0.1) is 11.3 Å². The van der Waals surface area contributed by atoms with Crippen LogP contribution in [0.5, 0.6) is 0 Å². The molecule has 1 aromatic carbocycles. The molecule has 4 rings (SSSR count). The van der Waals surface area contributed by atoms with Crippen molar-refractivity contribution in [3.8, 4) is 0 Å². The van der Waals surface area contributed by atoms with Crippen LogP contribution in [0.1, 0.15) is 40.1 Å². The molecule has 158 valence electrons. The molecule has 30 heavy (non-hydrogen) atoms. The van der Waals surface area contributed by atoms with E-state index in [1.54, 1.807) is 47.7 Å². The highest BCUT2D eigenvalue weighted by Gasteiger charge is 2.25. The Morgan fingerprint density at radius 3 is 2.53 bits per heavy atom. The zero-order valence-corrected chi connectivity index (χ0v) is 18.1. The highest BCUT2D eigenvalue weighted by atomic mass is 32.2. The molecule has 1 unspecified atom stereocenters. The molecule has 0 spiro atoms. The van der Waals surface area contributed by atoms with Crippen LogP contribution in [0.25, 0.3) is 0 Å². The molecule has 0 aliphatic carbocycles. The van der Waals surface area contributed by atoms with Crippen LogP contribution >= 0.6 is 11.3 Å². The van der Waals surface area contributed by atoms with Crippen LogP contribution in [0, 0.1) is 0 Å². The van der Waals surface area contributed by atoms with Crippen LogP contribution in [0.3, 0.4) is 0 Å². The number of hydrogen-bond donors (Lipinski definition) is 1. The Balaban J connectivity index is 1.40. The van der Waals surface area contributed by atoms with Gasteiger partial charge in [-0.1, -0.05) is 24.3 Å². The van der Waals surface area contributed by atoms with Gasteiger partial charge in [-0.05, 0) is 61.6 Å². The van der Waals surface area contributed by atoms with Crippen LogP contribution in [0.4, 0.5) is 0 Å². The number of rotatable bonds is 8. The largest absolute Gasteiger partial charge is 0.455 e. The van der Waals surface area contributed by atoms with E-state index in [0.29, 0.717) is 6.54 Å². The number of nitrogens with zero attached hydrogens (tertiary/aromatic N) is 1. The van der Waals surface area contributed by atoms with Crippen molar-refractivity contribution in [3.05, 3.63) is 76.4 Å². The average molecular weight is 445 g/mol. The first kappa shape index (κ1) is 20.8. The number of carbonyl (C=O) groups is 1. The van der Waals surface area contributed by atoms with Crippen LogP contribution in [-0.2, 0) is 15.6 Å². The van der Waals surface area contributed by atoms with Crippen LogP contribution in [-0.4, -0.2) is 38.9 Å². The molecule has 1 fully saturated rings. The summed E-state index contributed by atoms with van der Waals surface area (Å²) in [6, 6.07) is 15.6. The number of benzene rings is 1. The molecule has 1 N–H and O–H groups in total. The fraction of sp³-hybridized carbons (Fsp3) is 0.318. The second-order valence-electron chi connectivity index (χ2n) is 7.32. The minimum Gasteiger partial charge on any atom is -0.455 e. The van der Waals surface area contributed by atoms with Gasteiger partial charge in [0, 0.05) is 11.4 Å². The minimum absolute atomic E-state index is 0.125. The van der Waals surface area contributed by atoms with Crippen molar-refractivity contribution in [1.82, 2.24) is 10.2 Å². The summed E-state index contributed by atoms with van der Waals surface area (Å²) < 4.78 is 30.6. The number of amides is 1. The van der Waals surface area contributed by atoms with Crippen molar-refractivity contribution in [2.24, 2.45) is 0 Å². The summed E-state index contributed by atoms with van der Waals surface area (Å²) in [7, 11) is -3.52. The lowest BCUT2D eigenvalue weighted by molar-refractivity contribution is 0.0909. The predicted octanol–water partition coefficient (Wildman–Crippen LogP) is 3.88. The zero-order chi connectivity index (χ0) is 21.0. The molecule has 8 heteroatoms. The van der Waals surface area contributed by atoms with Gasteiger partial charge in [0.15, 0.2) is 15.6 Å². The first-order chi connectivity index (χ1) is 14.5. The molecule has 1 atom stereocenters. The molecule has 6 nitrogen and oxygen atoms in total. The van der Waals surface area contributed by atoms with Gasteiger partial charge in [-0.3, -0.25) is 9.69 Å². The third kappa shape index (κ3) is 4.83. The number of nitrogens with one attached hydrogen (secondary N) is 1. The van der Waals surface area contributed by atoms with E-state index in [-0.39, 0.29) is 34.1 Å². The van der Waals surface area contributed by atoms with E-state index in [1.165, 1.54) is 23.8 Å². The predicted molar refractivity (Wildman–Crippen MR) is 116 cm³/mol. The summed E-state index contributed by atoms with van der Waals surface area (Å²) in [5.74, 6) is -0.243. The highest BCUT2D eigenvalue weighted by Crippen LogP contribution is 2.28. The minimum atomic E-state index is -3.52. The molecule has 1 aliphatic rings.